The van der Waals surface area contributed by atoms with E-state index in [0.29, 0.717) is 6.04 Å². The van der Waals surface area contributed by atoms with Gasteiger partial charge in [0.25, 0.3) is 0 Å². The maximum Gasteiger partial charge on any atom is 0.0705 e. The molecule has 1 aromatic heterocycles. The Labute approximate surface area is 116 Å². The summed E-state index contributed by atoms with van der Waals surface area (Å²) in [7, 11) is 0. The summed E-state index contributed by atoms with van der Waals surface area (Å²) in [6, 6.07) is 11.0. The number of hydrogen-bond donors (Lipinski definition) is 1. The van der Waals surface area contributed by atoms with Crippen molar-refractivity contribution in [3.8, 4) is 0 Å². The number of benzene rings is 1. The van der Waals surface area contributed by atoms with Crippen molar-refractivity contribution in [2.24, 2.45) is 5.92 Å². The highest BCUT2D eigenvalue weighted by molar-refractivity contribution is 5.82. The van der Waals surface area contributed by atoms with Crippen LogP contribution in [-0.4, -0.2) is 11.5 Å². The molecule has 19 heavy (non-hydrogen) atoms. The Kier molecular flexibility index (Phi) is 4.92. The molecule has 0 amide bonds. The summed E-state index contributed by atoms with van der Waals surface area (Å²) < 4.78 is 0. The van der Waals surface area contributed by atoms with E-state index in [1.165, 1.54) is 23.8 Å². The maximum atomic E-state index is 4.45. The molecule has 2 aromatic rings. The van der Waals surface area contributed by atoms with Gasteiger partial charge in [-0.15, -0.1) is 0 Å². The maximum absolute atomic E-state index is 4.45. The van der Waals surface area contributed by atoms with Gasteiger partial charge in [-0.25, -0.2) is 0 Å². The van der Waals surface area contributed by atoms with E-state index in [4.69, 9.17) is 0 Å². The first kappa shape index (κ1) is 14.0. The van der Waals surface area contributed by atoms with Crippen molar-refractivity contribution in [1.29, 1.82) is 0 Å². The van der Waals surface area contributed by atoms with Crippen molar-refractivity contribution < 1.29 is 0 Å². The minimum atomic E-state index is 0.431. The zero-order chi connectivity index (χ0) is 13.7. The topological polar surface area (TPSA) is 24.9 Å². The highest BCUT2D eigenvalue weighted by atomic mass is 14.9. The molecule has 1 unspecified atom stereocenters. The molecule has 0 saturated carbocycles. The van der Waals surface area contributed by atoms with Gasteiger partial charge in [-0.05, 0) is 43.0 Å². The van der Waals surface area contributed by atoms with Crippen molar-refractivity contribution in [1.82, 2.24) is 10.3 Å². The normalized spacial score (nSPS) is 13.1. The largest absolute Gasteiger partial charge is 0.310 e. The number of aromatic nitrogens is 1. The first-order valence-corrected chi connectivity index (χ1v) is 7.29. The fourth-order valence-corrected chi connectivity index (χ4v) is 2.54. The van der Waals surface area contributed by atoms with Crippen LogP contribution in [0.25, 0.3) is 10.9 Å². The number of pyridine rings is 1. The van der Waals surface area contributed by atoms with Crippen LogP contribution in [0.3, 0.4) is 0 Å². The van der Waals surface area contributed by atoms with Gasteiger partial charge in [-0.2, -0.15) is 0 Å². The summed E-state index contributed by atoms with van der Waals surface area (Å²) in [6.07, 6.45) is 4.35. The lowest BCUT2D eigenvalue weighted by molar-refractivity contribution is 0.450. The van der Waals surface area contributed by atoms with Gasteiger partial charge in [0.15, 0.2) is 0 Å². The number of para-hydroxylation sites is 1. The highest BCUT2D eigenvalue weighted by Crippen LogP contribution is 2.27. The van der Waals surface area contributed by atoms with E-state index < -0.39 is 0 Å². The minimum Gasteiger partial charge on any atom is -0.310 e. The summed E-state index contributed by atoms with van der Waals surface area (Å²) in [5.41, 5.74) is 2.47. The molecule has 1 N–H and O–H groups in total. The summed E-state index contributed by atoms with van der Waals surface area (Å²) in [6.45, 7) is 7.74. The number of nitrogens with one attached hydrogen (secondary N) is 1. The molecule has 0 aliphatic rings. The first-order chi connectivity index (χ1) is 9.22. The van der Waals surface area contributed by atoms with E-state index in [2.05, 4.69) is 61.4 Å². The second-order valence-electron chi connectivity index (χ2n) is 5.50. The van der Waals surface area contributed by atoms with Crippen LogP contribution in [0.2, 0.25) is 0 Å². The smallest absolute Gasteiger partial charge is 0.0705 e. The molecule has 1 atom stereocenters. The Morgan fingerprint density at radius 2 is 1.89 bits per heavy atom. The summed E-state index contributed by atoms with van der Waals surface area (Å²) in [5, 5.41) is 4.90. The van der Waals surface area contributed by atoms with Crippen molar-refractivity contribution in [2.45, 2.75) is 39.7 Å². The van der Waals surface area contributed by atoms with Gasteiger partial charge in [-0.3, -0.25) is 4.98 Å². The standard InChI is InChI=1S/C17H24N2/c1-4-18-17(10-9-13(2)3)15-11-12-19-16-8-6-5-7-14(15)16/h5-8,11-13,17-18H,4,9-10H2,1-3H3. The van der Waals surface area contributed by atoms with E-state index in [0.717, 1.165) is 18.0 Å². The third-order valence-corrected chi connectivity index (χ3v) is 3.54. The summed E-state index contributed by atoms with van der Waals surface area (Å²) in [5.74, 6) is 0.745. The Hall–Kier alpha value is -1.41. The Bertz CT molecular complexity index is 514. The second-order valence-corrected chi connectivity index (χ2v) is 5.50. The lowest BCUT2D eigenvalue weighted by atomic mass is 9.95. The molecule has 0 saturated heterocycles. The zero-order valence-electron chi connectivity index (χ0n) is 12.2. The molecule has 2 heteroatoms. The average molecular weight is 256 g/mol. The molecule has 1 aromatic carbocycles. The lowest BCUT2D eigenvalue weighted by Gasteiger charge is -2.21. The van der Waals surface area contributed by atoms with Crippen LogP contribution in [0.15, 0.2) is 36.5 Å². The number of rotatable bonds is 6. The number of nitrogens with zero attached hydrogens (tertiary/aromatic N) is 1. The molecule has 0 aliphatic heterocycles. The van der Waals surface area contributed by atoms with Crippen molar-refractivity contribution in [2.75, 3.05) is 6.54 Å². The van der Waals surface area contributed by atoms with Crippen LogP contribution in [-0.2, 0) is 0 Å². The van der Waals surface area contributed by atoms with Crippen LogP contribution < -0.4 is 5.32 Å². The van der Waals surface area contributed by atoms with Gasteiger partial charge in [0, 0.05) is 17.6 Å². The van der Waals surface area contributed by atoms with Crippen molar-refractivity contribution in [3.63, 3.8) is 0 Å². The van der Waals surface area contributed by atoms with Crippen LogP contribution in [0.1, 0.15) is 45.2 Å². The molecule has 0 fully saturated rings. The fraction of sp³-hybridized carbons (Fsp3) is 0.471. The van der Waals surface area contributed by atoms with Gasteiger partial charge in [0.05, 0.1) is 5.52 Å². The average Bonchev–Trinajstić information content (AvgIpc) is 2.43. The van der Waals surface area contributed by atoms with Crippen LogP contribution in [0.4, 0.5) is 0 Å². The summed E-state index contributed by atoms with van der Waals surface area (Å²) >= 11 is 0. The first-order valence-electron chi connectivity index (χ1n) is 7.29. The predicted molar refractivity (Wildman–Crippen MR) is 82.2 cm³/mol. The van der Waals surface area contributed by atoms with E-state index in [1.807, 2.05) is 6.20 Å². The zero-order valence-corrected chi connectivity index (χ0v) is 12.2. The quantitative estimate of drug-likeness (QED) is 0.832. The molecule has 0 bridgehead atoms. The van der Waals surface area contributed by atoms with Crippen LogP contribution >= 0.6 is 0 Å². The van der Waals surface area contributed by atoms with Gasteiger partial charge in [0.2, 0.25) is 0 Å². The Morgan fingerprint density at radius 1 is 1.11 bits per heavy atom. The molecule has 102 valence electrons. The molecular weight excluding hydrogens is 232 g/mol. The van der Waals surface area contributed by atoms with Gasteiger partial charge < -0.3 is 5.32 Å². The van der Waals surface area contributed by atoms with E-state index in [1.54, 1.807) is 0 Å². The van der Waals surface area contributed by atoms with Gasteiger partial charge in [-0.1, -0.05) is 39.0 Å². The Morgan fingerprint density at radius 3 is 2.63 bits per heavy atom. The summed E-state index contributed by atoms with van der Waals surface area (Å²) in [4.78, 5) is 4.45. The molecule has 2 rings (SSSR count). The number of fused-ring (bicyclic) bond motifs is 1. The highest BCUT2D eigenvalue weighted by Gasteiger charge is 2.13. The minimum absolute atomic E-state index is 0.431. The predicted octanol–water partition coefficient (Wildman–Crippen LogP) is 4.32. The SMILES string of the molecule is CCNC(CCC(C)C)c1ccnc2ccccc12. The lowest BCUT2D eigenvalue weighted by Crippen LogP contribution is -2.21. The second kappa shape index (κ2) is 6.67. The molecule has 0 spiro atoms. The third kappa shape index (κ3) is 3.54. The molecule has 0 radical (unpaired) electrons. The Balaban J connectivity index is 2.32. The van der Waals surface area contributed by atoms with Crippen LogP contribution in [0, 0.1) is 5.92 Å². The van der Waals surface area contributed by atoms with Crippen molar-refractivity contribution in [3.05, 3.63) is 42.1 Å². The van der Waals surface area contributed by atoms with E-state index >= 15 is 0 Å². The molecule has 1 heterocycles. The van der Waals surface area contributed by atoms with E-state index in [9.17, 15) is 0 Å². The van der Waals surface area contributed by atoms with Gasteiger partial charge >= 0.3 is 0 Å². The van der Waals surface area contributed by atoms with Crippen molar-refractivity contribution >= 4 is 10.9 Å². The fourth-order valence-electron chi connectivity index (χ4n) is 2.54. The molecule has 2 nitrogen and oxygen atoms in total. The monoisotopic (exact) mass is 256 g/mol. The third-order valence-electron chi connectivity index (χ3n) is 3.54. The molecular formula is C17H24N2. The molecule has 0 aliphatic carbocycles. The van der Waals surface area contributed by atoms with Gasteiger partial charge in [0.1, 0.15) is 0 Å². The number of hydrogen-bond acceptors (Lipinski definition) is 2. The van der Waals surface area contributed by atoms with Crippen LogP contribution in [0.5, 0.6) is 0 Å². The van der Waals surface area contributed by atoms with E-state index in [-0.39, 0.29) is 0 Å².